The highest BCUT2D eigenvalue weighted by atomic mass is 16.6. The number of amides is 3. The lowest BCUT2D eigenvalue weighted by Gasteiger charge is -2.51. The molecule has 2 aliphatic heterocycles. The van der Waals surface area contributed by atoms with Gasteiger partial charge in [-0.25, -0.2) is 4.79 Å². The Balaban J connectivity index is 1.49. The summed E-state index contributed by atoms with van der Waals surface area (Å²) in [6.07, 6.45) is -0.806. The van der Waals surface area contributed by atoms with Crippen LogP contribution in [0.5, 0.6) is 0 Å². The van der Waals surface area contributed by atoms with Crippen molar-refractivity contribution in [1.29, 1.82) is 0 Å². The molecule has 1 unspecified atom stereocenters. The molecule has 0 aromatic heterocycles. The summed E-state index contributed by atoms with van der Waals surface area (Å²) in [5.41, 5.74) is 3.05. The summed E-state index contributed by atoms with van der Waals surface area (Å²) in [4.78, 5) is 43.3. The van der Waals surface area contributed by atoms with Gasteiger partial charge in [0, 0.05) is 19.5 Å². The Morgan fingerprint density at radius 3 is 2.45 bits per heavy atom. The number of hydrogen-bond donors (Lipinski definition) is 0. The number of rotatable bonds is 4. The quantitative estimate of drug-likeness (QED) is 0.761. The summed E-state index contributed by atoms with van der Waals surface area (Å²) >= 11 is 0. The lowest BCUT2D eigenvalue weighted by atomic mass is 10.0. The zero-order valence-corrected chi connectivity index (χ0v) is 17.9. The molecule has 0 aliphatic carbocycles. The normalized spacial score (nSPS) is 21.2. The van der Waals surface area contributed by atoms with E-state index in [1.165, 1.54) is 0 Å². The zero-order chi connectivity index (χ0) is 22.0. The molecule has 0 radical (unpaired) electrons. The minimum Gasteiger partial charge on any atom is -0.444 e. The van der Waals surface area contributed by atoms with E-state index < -0.39 is 18.3 Å². The van der Waals surface area contributed by atoms with Gasteiger partial charge in [-0.3, -0.25) is 14.5 Å². The maximum atomic E-state index is 12.9. The predicted molar refractivity (Wildman–Crippen MR) is 115 cm³/mol. The molecule has 0 N–H and O–H groups in total. The Bertz CT molecular complexity index is 961. The van der Waals surface area contributed by atoms with Crippen molar-refractivity contribution in [3.8, 4) is 0 Å². The molecule has 2 heterocycles. The Labute approximate surface area is 182 Å². The number of carbonyl (C=O) groups excluding carboxylic acids is 3. The highest BCUT2D eigenvalue weighted by molar-refractivity contribution is 5.90. The van der Waals surface area contributed by atoms with Crippen LogP contribution in [0.4, 0.5) is 4.79 Å². The second kappa shape index (κ2) is 8.79. The molecular weight excluding hydrogens is 394 g/mol. The average Bonchev–Trinajstić information content (AvgIpc) is 2.77. The fourth-order valence-electron chi connectivity index (χ4n) is 4.21. The van der Waals surface area contributed by atoms with Gasteiger partial charge in [0.05, 0.1) is 6.54 Å². The number of nitrogens with zero attached hydrogens (tertiary/aromatic N) is 3. The van der Waals surface area contributed by atoms with Crippen LogP contribution in [0, 0.1) is 6.92 Å². The van der Waals surface area contributed by atoms with Crippen molar-refractivity contribution in [2.45, 2.75) is 45.6 Å². The van der Waals surface area contributed by atoms with Gasteiger partial charge in [-0.1, -0.05) is 60.2 Å². The Morgan fingerprint density at radius 1 is 1.03 bits per heavy atom. The topological polar surface area (TPSA) is 70.2 Å². The molecule has 2 aromatic carbocycles. The number of fused-ring (bicyclic) bond motifs is 1. The highest BCUT2D eigenvalue weighted by Gasteiger charge is 2.47. The predicted octanol–water partition coefficient (Wildman–Crippen LogP) is 2.92. The molecule has 2 aliphatic rings. The van der Waals surface area contributed by atoms with E-state index in [0.717, 1.165) is 16.7 Å². The van der Waals surface area contributed by atoms with Crippen LogP contribution in [-0.2, 0) is 27.5 Å². The lowest BCUT2D eigenvalue weighted by molar-refractivity contribution is -0.167. The van der Waals surface area contributed by atoms with E-state index in [1.807, 2.05) is 61.5 Å². The number of piperazine rings is 1. The van der Waals surface area contributed by atoms with E-state index >= 15 is 0 Å². The minimum absolute atomic E-state index is 0.104. The zero-order valence-electron chi connectivity index (χ0n) is 17.9. The molecule has 4 rings (SSSR count). The maximum absolute atomic E-state index is 12.9. The van der Waals surface area contributed by atoms with E-state index in [-0.39, 0.29) is 37.9 Å². The first-order valence-electron chi connectivity index (χ1n) is 10.6. The number of carbonyl (C=O) groups is 3. The van der Waals surface area contributed by atoms with Crippen LogP contribution in [0.25, 0.3) is 0 Å². The van der Waals surface area contributed by atoms with Gasteiger partial charge in [-0.05, 0) is 25.0 Å². The van der Waals surface area contributed by atoms with Crippen LogP contribution < -0.4 is 0 Å². The van der Waals surface area contributed by atoms with E-state index in [9.17, 15) is 14.4 Å². The molecule has 2 fully saturated rings. The molecule has 0 bridgehead atoms. The second-order valence-corrected chi connectivity index (χ2v) is 8.15. The second-order valence-electron chi connectivity index (χ2n) is 8.15. The summed E-state index contributed by atoms with van der Waals surface area (Å²) in [6, 6.07) is 16.9. The number of hydrogen-bond acceptors (Lipinski definition) is 4. The van der Waals surface area contributed by atoms with Crippen LogP contribution in [0.2, 0.25) is 0 Å². The first-order valence-corrected chi connectivity index (χ1v) is 10.6. The van der Waals surface area contributed by atoms with Gasteiger partial charge in [-0.2, -0.15) is 0 Å². The van der Waals surface area contributed by atoms with Crippen LogP contribution in [0.15, 0.2) is 54.6 Å². The summed E-state index contributed by atoms with van der Waals surface area (Å²) in [5.74, 6) is -0.212. The van der Waals surface area contributed by atoms with E-state index in [0.29, 0.717) is 6.54 Å². The van der Waals surface area contributed by atoms with Crippen LogP contribution in [-0.4, -0.2) is 57.9 Å². The first kappa shape index (κ1) is 20.9. The summed E-state index contributed by atoms with van der Waals surface area (Å²) in [6.45, 7) is 4.89. The van der Waals surface area contributed by atoms with Gasteiger partial charge in [-0.15, -0.1) is 0 Å². The third-order valence-corrected chi connectivity index (χ3v) is 5.94. The molecule has 2 aromatic rings. The van der Waals surface area contributed by atoms with Crippen molar-refractivity contribution in [2.75, 3.05) is 13.1 Å². The fourth-order valence-corrected chi connectivity index (χ4v) is 4.21. The molecule has 7 heteroatoms. The van der Waals surface area contributed by atoms with Gasteiger partial charge >= 0.3 is 6.09 Å². The van der Waals surface area contributed by atoms with Crippen molar-refractivity contribution in [3.63, 3.8) is 0 Å². The average molecular weight is 421 g/mol. The van der Waals surface area contributed by atoms with Crippen molar-refractivity contribution >= 4 is 17.9 Å². The largest absolute Gasteiger partial charge is 0.444 e. The Morgan fingerprint density at radius 2 is 1.74 bits per heavy atom. The van der Waals surface area contributed by atoms with Gasteiger partial charge in [0.2, 0.25) is 11.8 Å². The van der Waals surface area contributed by atoms with Gasteiger partial charge < -0.3 is 14.5 Å². The molecule has 7 nitrogen and oxygen atoms in total. The van der Waals surface area contributed by atoms with E-state index in [2.05, 4.69) is 0 Å². The molecule has 0 saturated carbocycles. The van der Waals surface area contributed by atoms with Crippen LogP contribution in [0.1, 0.15) is 30.0 Å². The third-order valence-electron chi connectivity index (χ3n) is 5.94. The lowest BCUT2D eigenvalue weighted by Crippen LogP contribution is -2.70. The van der Waals surface area contributed by atoms with E-state index in [1.54, 1.807) is 21.6 Å². The molecule has 2 atom stereocenters. The monoisotopic (exact) mass is 421 g/mol. The fraction of sp³-hybridized carbons (Fsp3) is 0.375. The van der Waals surface area contributed by atoms with Crippen molar-refractivity contribution in [1.82, 2.24) is 14.7 Å². The molecule has 2 saturated heterocycles. The molecule has 162 valence electrons. The van der Waals surface area contributed by atoms with Gasteiger partial charge in [0.25, 0.3) is 0 Å². The van der Waals surface area contributed by atoms with Gasteiger partial charge in [0.1, 0.15) is 18.8 Å². The SMILES string of the molecule is Cc1ccc(COC(=O)N2CCC(=O)N3C(C)C(=O)N(Cc4ccccc4)C[C@H]23)cc1. The smallest absolute Gasteiger partial charge is 0.411 e. The third kappa shape index (κ3) is 4.40. The molecule has 0 spiro atoms. The van der Waals surface area contributed by atoms with Crippen molar-refractivity contribution in [3.05, 3.63) is 71.3 Å². The number of ether oxygens (including phenoxy) is 1. The van der Waals surface area contributed by atoms with Crippen LogP contribution in [0.3, 0.4) is 0 Å². The molecule has 31 heavy (non-hydrogen) atoms. The summed E-state index contributed by atoms with van der Waals surface area (Å²) < 4.78 is 5.55. The summed E-state index contributed by atoms with van der Waals surface area (Å²) in [7, 11) is 0. The van der Waals surface area contributed by atoms with Crippen molar-refractivity contribution in [2.24, 2.45) is 0 Å². The summed E-state index contributed by atoms with van der Waals surface area (Å²) in [5, 5.41) is 0. The Hall–Kier alpha value is -3.35. The van der Waals surface area contributed by atoms with Gasteiger partial charge in [0.15, 0.2) is 0 Å². The standard InChI is InChI=1S/C24H27N3O4/c1-17-8-10-20(11-9-17)16-31-24(30)26-13-12-22(28)27-18(2)23(29)25(15-21(26)27)14-19-6-4-3-5-7-19/h3-11,18,21H,12-16H2,1-2H3/t18?,21-/m1/s1. The number of benzene rings is 2. The Kier molecular flexibility index (Phi) is 5.93. The minimum atomic E-state index is -0.623. The van der Waals surface area contributed by atoms with Crippen LogP contribution >= 0.6 is 0 Å². The number of aryl methyl sites for hydroxylation is 1. The molecular formula is C24H27N3O4. The maximum Gasteiger partial charge on any atom is 0.411 e. The van der Waals surface area contributed by atoms with Crippen molar-refractivity contribution < 1.29 is 19.1 Å². The highest BCUT2D eigenvalue weighted by Crippen LogP contribution is 2.27. The van der Waals surface area contributed by atoms with E-state index in [4.69, 9.17) is 4.74 Å². The first-order chi connectivity index (χ1) is 14.9. The molecule has 3 amide bonds.